The number of nitrogens with zero attached hydrogens (tertiary/aromatic N) is 2. The number of hydrogen-bond donors (Lipinski definition) is 1. The predicted octanol–water partition coefficient (Wildman–Crippen LogP) is 1.87. The van der Waals surface area contributed by atoms with E-state index in [2.05, 4.69) is 5.32 Å². The lowest BCUT2D eigenvalue weighted by Crippen LogP contribution is -2.38. The Morgan fingerprint density at radius 2 is 2.22 bits per heavy atom. The number of likely N-dealkylation sites (N-methyl/N-ethyl adjacent to an activating group) is 1. The van der Waals surface area contributed by atoms with E-state index in [1.54, 1.807) is 31.0 Å². The Morgan fingerprint density at radius 1 is 1.56 bits per heavy atom. The van der Waals surface area contributed by atoms with Crippen LogP contribution in [0.3, 0.4) is 0 Å². The molecule has 0 aliphatic heterocycles. The van der Waals surface area contributed by atoms with Crippen molar-refractivity contribution in [2.75, 3.05) is 18.9 Å². The van der Waals surface area contributed by atoms with Crippen molar-refractivity contribution in [3.8, 4) is 0 Å². The molecule has 6 nitrogen and oxygen atoms in total. The first kappa shape index (κ1) is 14.0. The molecule has 98 valence electrons. The number of nitrogens with one attached hydrogen (secondary N) is 1. The Balaban J connectivity index is 2.75. The van der Waals surface area contributed by atoms with Crippen LogP contribution in [-0.2, 0) is 4.79 Å². The number of anilines is 1. The van der Waals surface area contributed by atoms with Gasteiger partial charge in [0.2, 0.25) is 5.91 Å². The molecule has 0 radical (unpaired) electrons. The van der Waals surface area contributed by atoms with E-state index >= 15 is 0 Å². The van der Waals surface area contributed by atoms with Crippen molar-refractivity contribution in [2.24, 2.45) is 0 Å². The number of non-ortho nitro benzene ring substituents is 1. The topological polar surface area (TPSA) is 75.5 Å². The number of hydrogen-bond acceptors (Lipinski definition) is 4. The first-order valence-corrected chi connectivity index (χ1v) is 5.71. The summed E-state index contributed by atoms with van der Waals surface area (Å²) in [5, 5.41) is 13.6. The summed E-state index contributed by atoms with van der Waals surface area (Å²) >= 11 is 0. The lowest BCUT2D eigenvalue weighted by atomic mass is 10.2. The monoisotopic (exact) mass is 251 g/mol. The van der Waals surface area contributed by atoms with E-state index < -0.39 is 11.0 Å². The summed E-state index contributed by atoms with van der Waals surface area (Å²) in [4.78, 5) is 23.6. The maximum absolute atomic E-state index is 11.8. The van der Waals surface area contributed by atoms with Crippen LogP contribution in [0.1, 0.15) is 13.8 Å². The average Bonchev–Trinajstić information content (AvgIpc) is 2.37. The van der Waals surface area contributed by atoms with Crippen LogP contribution in [0.15, 0.2) is 24.3 Å². The minimum absolute atomic E-state index is 0.00324. The van der Waals surface area contributed by atoms with Crippen LogP contribution < -0.4 is 5.32 Å². The summed E-state index contributed by atoms with van der Waals surface area (Å²) in [7, 11) is 1.72. The van der Waals surface area contributed by atoms with Gasteiger partial charge in [0.05, 0.1) is 4.92 Å². The van der Waals surface area contributed by atoms with E-state index in [4.69, 9.17) is 0 Å². The van der Waals surface area contributed by atoms with Crippen molar-refractivity contribution in [3.63, 3.8) is 0 Å². The van der Waals surface area contributed by atoms with Crippen molar-refractivity contribution < 1.29 is 9.72 Å². The Bertz CT molecular complexity index is 448. The Hall–Kier alpha value is -2.11. The third-order valence-electron chi connectivity index (χ3n) is 2.66. The molecule has 1 N–H and O–H groups in total. The lowest BCUT2D eigenvalue weighted by Gasteiger charge is -2.21. The van der Waals surface area contributed by atoms with Gasteiger partial charge in [-0.15, -0.1) is 0 Å². The molecule has 0 heterocycles. The van der Waals surface area contributed by atoms with Gasteiger partial charge in [-0.05, 0) is 19.9 Å². The number of benzene rings is 1. The van der Waals surface area contributed by atoms with E-state index in [-0.39, 0.29) is 11.6 Å². The number of rotatable bonds is 5. The zero-order valence-electron chi connectivity index (χ0n) is 10.7. The van der Waals surface area contributed by atoms with Crippen LogP contribution in [0, 0.1) is 10.1 Å². The molecule has 0 saturated carbocycles. The minimum atomic E-state index is -0.462. The maximum atomic E-state index is 11.8. The van der Waals surface area contributed by atoms with Gasteiger partial charge in [-0.25, -0.2) is 0 Å². The summed E-state index contributed by atoms with van der Waals surface area (Å²) in [6.45, 7) is 4.24. The molecular formula is C12H17N3O3. The fourth-order valence-electron chi connectivity index (χ4n) is 1.51. The van der Waals surface area contributed by atoms with Crippen molar-refractivity contribution in [1.82, 2.24) is 4.90 Å². The zero-order chi connectivity index (χ0) is 13.7. The van der Waals surface area contributed by atoms with E-state index in [9.17, 15) is 14.9 Å². The van der Waals surface area contributed by atoms with Crippen LogP contribution in [0.25, 0.3) is 0 Å². The van der Waals surface area contributed by atoms with Gasteiger partial charge in [0.15, 0.2) is 0 Å². The average molecular weight is 251 g/mol. The van der Waals surface area contributed by atoms with E-state index in [0.717, 1.165) is 0 Å². The van der Waals surface area contributed by atoms with Gasteiger partial charge < -0.3 is 10.2 Å². The fourth-order valence-corrected chi connectivity index (χ4v) is 1.51. The number of amides is 1. The highest BCUT2D eigenvalue weighted by molar-refractivity contribution is 5.84. The lowest BCUT2D eigenvalue weighted by molar-refractivity contribution is -0.384. The van der Waals surface area contributed by atoms with Crippen molar-refractivity contribution in [1.29, 1.82) is 0 Å². The molecule has 6 heteroatoms. The fraction of sp³-hybridized carbons (Fsp3) is 0.417. The van der Waals surface area contributed by atoms with E-state index in [1.807, 2.05) is 6.92 Å². The van der Waals surface area contributed by atoms with Gasteiger partial charge in [-0.1, -0.05) is 6.07 Å². The molecule has 0 fully saturated rings. The first-order valence-electron chi connectivity index (χ1n) is 5.71. The highest BCUT2D eigenvalue weighted by Crippen LogP contribution is 2.17. The predicted molar refractivity (Wildman–Crippen MR) is 69.5 cm³/mol. The minimum Gasteiger partial charge on any atom is -0.374 e. The molecule has 1 aromatic carbocycles. The number of nitro benzene ring substituents is 1. The Labute approximate surface area is 106 Å². The van der Waals surface area contributed by atoms with Crippen molar-refractivity contribution >= 4 is 17.3 Å². The highest BCUT2D eigenvalue weighted by Gasteiger charge is 2.16. The third kappa shape index (κ3) is 3.44. The van der Waals surface area contributed by atoms with Gasteiger partial charge in [-0.2, -0.15) is 0 Å². The Morgan fingerprint density at radius 3 is 2.78 bits per heavy atom. The van der Waals surface area contributed by atoms with E-state index in [1.165, 1.54) is 12.1 Å². The van der Waals surface area contributed by atoms with Crippen molar-refractivity contribution in [2.45, 2.75) is 19.9 Å². The maximum Gasteiger partial charge on any atom is 0.271 e. The molecule has 0 aliphatic rings. The van der Waals surface area contributed by atoms with Crippen LogP contribution >= 0.6 is 0 Å². The second kappa shape index (κ2) is 6.00. The molecule has 0 bridgehead atoms. The largest absolute Gasteiger partial charge is 0.374 e. The number of nitro groups is 1. The molecule has 1 unspecified atom stereocenters. The van der Waals surface area contributed by atoms with Crippen LogP contribution in [0.4, 0.5) is 11.4 Å². The van der Waals surface area contributed by atoms with Gasteiger partial charge >= 0.3 is 0 Å². The molecule has 1 amide bonds. The smallest absolute Gasteiger partial charge is 0.271 e. The van der Waals surface area contributed by atoms with Gasteiger partial charge in [0.1, 0.15) is 6.04 Å². The molecular weight excluding hydrogens is 234 g/mol. The molecule has 1 aromatic rings. The summed E-state index contributed by atoms with van der Waals surface area (Å²) in [6.07, 6.45) is 0. The quantitative estimate of drug-likeness (QED) is 0.640. The number of carbonyl (C=O) groups excluding carboxylic acids is 1. The standard InChI is InChI=1S/C12H17N3O3/c1-4-14(3)12(16)9(2)13-10-6-5-7-11(8-10)15(17)18/h5-9,13H,4H2,1-3H3. The van der Waals surface area contributed by atoms with E-state index in [0.29, 0.717) is 12.2 Å². The summed E-state index contributed by atoms with van der Waals surface area (Å²) < 4.78 is 0. The summed E-state index contributed by atoms with van der Waals surface area (Å²) in [5.74, 6) is -0.0518. The molecule has 0 spiro atoms. The van der Waals surface area contributed by atoms with Gasteiger partial charge in [0.25, 0.3) is 5.69 Å². The SMILES string of the molecule is CCN(C)C(=O)C(C)Nc1cccc([N+](=O)[O-])c1. The van der Waals surface area contributed by atoms with Crippen molar-refractivity contribution in [3.05, 3.63) is 34.4 Å². The molecule has 0 aromatic heterocycles. The Kier molecular flexibility index (Phi) is 4.65. The van der Waals surface area contributed by atoms with Crippen LogP contribution in [-0.4, -0.2) is 35.4 Å². The molecule has 1 atom stereocenters. The number of carbonyl (C=O) groups is 1. The van der Waals surface area contributed by atoms with Gasteiger partial charge in [-0.3, -0.25) is 14.9 Å². The normalized spacial score (nSPS) is 11.7. The molecule has 0 aliphatic carbocycles. The first-order chi connectivity index (χ1) is 8.45. The highest BCUT2D eigenvalue weighted by atomic mass is 16.6. The summed E-state index contributed by atoms with van der Waals surface area (Å²) in [6, 6.07) is 5.69. The van der Waals surface area contributed by atoms with Gasteiger partial charge in [0, 0.05) is 31.4 Å². The zero-order valence-corrected chi connectivity index (χ0v) is 10.7. The van der Waals surface area contributed by atoms with Crippen LogP contribution in [0.2, 0.25) is 0 Å². The second-order valence-electron chi connectivity index (χ2n) is 4.03. The third-order valence-corrected chi connectivity index (χ3v) is 2.66. The molecule has 18 heavy (non-hydrogen) atoms. The van der Waals surface area contributed by atoms with Crippen LogP contribution in [0.5, 0.6) is 0 Å². The molecule has 1 rings (SSSR count). The summed E-state index contributed by atoms with van der Waals surface area (Å²) in [5.41, 5.74) is 0.568. The molecule has 0 saturated heterocycles. The second-order valence-corrected chi connectivity index (χ2v) is 4.03.